The zero-order valence-corrected chi connectivity index (χ0v) is 13.9. The maximum Gasteiger partial charge on any atom is 0.274 e. The Bertz CT molecular complexity index is 748. The number of hydrogen-bond acceptors (Lipinski definition) is 6. The van der Waals surface area contributed by atoms with Gasteiger partial charge >= 0.3 is 0 Å². The second kappa shape index (κ2) is 5.81. The predicted molar refractivity (Wildman–Crippen MR) is 88.6 cm³/mol. The molecule has 2 atom stereocenters. The van der Waals surface area contributed by atoms with Crippen LogP contribution in [-0.4, -0.2) is 56.9 Å². The van der Waals surface area contributed by atoms with Gasteiger partial charge in [-0.3, -0.25) is 9.78 Å². The van der Waals surface area contributed by atoms with Crippen molar-refractivity contribution < 1.29 is 4.79 Å². The first-order valence-electron chi connectivity index (χ1n) is 8.21. The first-order valence-corrected chi connectivity index (χ1v) is 8.21. The maximum atomic E-state index is 12.6. The monoisotopic (exact) mass is 324 g/mol. The van der Waals surface area contributed by atoms with Crippen molar-refractivity contribution in [3.63, 3.8) is 0 Å². The lowest BCUT2D eigenvalue weighted by Crippen LogP contribution is -2.34. The third-order valence-corrected chi connectivity index (χ3v) is 4.89. The average Bonchev–Trinajstić information content (AvgIpc) is 3.14. The van der Waals surface area contributed by atoms with Crippen molar-refractivity contribution in [2.24, 2.45) is 11.8 Å². The normalized spacial score (nSPS) is 22.8. The van der Waals surface area contributed by atoms with Gasteiger partial charge < -0.3 is 9.80 Å². The van der Waals surface area contributed by atoms with E-state index in [-0.39, 0.29) is 5.91 Å². The Morgan fingerprint density at radius 1 is 0.958 bits per heavy atom. The van der Waals surface area contributed by atoms with Crippen LogP contribution in [0.15, 0.2) is 24.8 Å². The summed E-state index contributed by atoms with van der Waals surface area (Å²) >= 11 is 0. The van der Waals surface area contributed by atoms with Gasteiger partial charge in [-0.25, -0.2) is 15.0 Å². The molecule has 0 bridgehead atoms. The molecule has 2 aliphatic heterocycles. The highest BCUT2D eigenvalue weighted by Gasteiger charge is 2.42. The Kier molecular flexibility index (Phi) is 3.63. The fourth-order valence-electron chi connectivity index (χ4n) is 3.62. The second-order valence-electron chi connectivity index (χ2n) is 6.70. The van der Waals surface area contributed by atoms with E-state index < -0.39 is 0 Å². The molecule has 0 radical (unpaired) electrons. The minimum atomic E-state index is -0.0127. The Morgan fingerprint density at radius 2 is 1.71 bits per heavy atom. The number of nitrogens with zero attached hydrogens (tertiary/aromatic N) is 6. The topological polar surface area (TPSA) is 75.1 Å². The molecule has 0 aromatic carbocycles. The van der Waals surface area contributed by atoms with Crippen molar-refractivity contribution in [2.45, 2.75) is 13.8 Å². The molecule has 0 N–H and O–H groups in total. The van der Waals surface area contributed by atoms with E-state index in [1.54, 1.807) is 18.7 Å². The summed E-state index contributed by atoms with van der Waals surface area (Å²) in [5.74, 6) is 1.95. The lowest BCUT2D eigenvalue weighted by Gasteiger charge is -2.22. The highest BCUT2D eigenvalue weighted by atomic mass is 16.2. The van der Waals surface area contributed by atoms with E-state index in [0.717, 1.165) is 43.4 Å². The summed E-state index contributed by atoms with van der Waals surface area (Å²) in [6, 6.07) is 2.02. The fraction of sp³-hybridized carbons (Fsp3) is 0.471. The molecule has 4 heterocycles. The summed E-state index contributed by atoms with van der Waals surface area (Å²) in [6.45, 7) is 7.27. The molecule has 2 unspecified atom stereocenters. The van der Waals surface area contributed by atoms with Gasteiger partial charge in [0.25, 0.3) is 5.91 Å². The zero-order valence-electron chi connectivity index (χ0n) is 13.9. The van der Waals surface area contributed by atoms with Gasteiger partial charge in [0, 0.05) is 56.0 Å². The van der Waals surface area contributed by atoms with Gasteiger partial charge in [0.2, 0.25) is 0 Å². The molecular formula is C17H20N6O. The summed E-state index contributed by atoms with van der Waals surface area (Å²) in [7, 11) is 0. The van der Waals surface area contributed by atoms with E-state index in [0.29, 0.717) is 17.5 Å². The lowest BCUT2D eigenvalue weighted by molar-refractivity contribution is 0.0776. The summed E-state index contributed by atoms with van der Waals surface area (Å²) in [4.78, 5) is 33.7. The van der Waals surface area contributed by atoms with Crippen LogP contribution in [0.2, 0.25) is 0 Å². The number of carbonyl (C=O) groups excluding carboxylic acids is 1. The van der Waals surface area contributed by atoms with Crippen molar-refractivity contribution in [3.8, 4) is 0 Å². The minimum absolute atomic E-state index is 0.0127. The number of amides is 1. The molecule has 4 rings (SSSR count). The van der Waals surface area contributed by atoms with Crippen molar-refractivity contribution in [1.29, 1.82) is 0 Å². The molecule has 2 saturated heterocycles. The molecule has 2 fully saturated rings. The van der Waals surface area contributed by atoms with E-state index >= 15 is 0 Å². The minimum Gasteiger partial charge on any atom is -0.356 e. The number of likely N-dealkylation sites (tertiary alicyclic amines) is 1. The molecular weight excluding hydrogens is 304 g/mol. The second-order valence-corrected chi connectivity index (χ2v) is 6.70. The highest BCUT2D eigenvalue weighted by molar-refractivity contribution is 5.92. The summed E-state index contributed by atoms with van der Waals surface area (Å²) in [6.07, 6.45) is 4.83. The number of aryl methyl sites for hydroxylation is 2. The first kappa shape index (κ1) is 15.0. The Labute approximate surface area is 140 Å². The van der Waals surface area contributed by atoms with Crippen molar-refractivity contribution in [2.75, 3.05) is 31.1 Å². The molecule has 0 aliphatic carbocycles. The van der Waals surface area contributed by atoms with Crippen LogP contribution in [0.4, 0.5) is 5.82 Å². The molecule has 2 aromatic rings. The summed E-state index contributed by atoms with van der Waals surface area (Å²) in [5.41, 5.74) is 2.23. The van der Waals surface area contributed by atoms with Crippen molar-refractivity contribution in [1.82, 2.24) is 24.8 Å². The molecule has 2 aromatic heterocycles. The van der Waals surface area contributed by atoms with Crippen LogP contribution >= 0.6 is 0 Å². The fourth-order valence-corrected chi connectivity index (χ4v) is 3.62. The zero-order chi connectivity index (χ0) is 16.7. The number of hydrogen-bond donors (Lipinski definition) is 0. The quantitative estimate of drug-likeness (QED) is 0.823. The standard InChI is InChI=1S/C17H20N6O/c1-11-3-16(21-10-20-11)22-6-13-8-23(9-14(13)7-22)17(24)15-5-18-12(2)4-19-15/h3-5,10,13-14H,6-9H2,1-2H3. The first-order chi connectivity index (χ1) is 11.6. The van der Waals surface area contributed by atoms with Crippen LogP contribution in [0.5, 0.6) is 0 Å². The highest BCUT2D eigenvalue weighted by Crippen LogP contribution is 2.33. The van der Waals surface area contributed by atoms with Gasteiger partial charge in [0.15, 0.2) is 0 Å². The van der Waals surface area contributed by atoms with Gasteiger partial charge in [-0.15, -0.1) is 0 Å². The number of anilines is 1. The lowest BCUT2D eigenvalue weighted by atomic mass is 10.0. The molecule has 24 heavy (non-hydrogen) atoms. The molecule has 7 heteroatoms. The van der Waals surface area contributed by atoms with E-state index in [2.05, 4.69) is 24.8 Å². The summed E-state index contributed by atoms with van der Waals surface area (Å²) in [5, 5.41) is 0. The molecule has 2 aliphatic rings. The van der Waals surface area contributed by atoms with Crippen LogP contribution in [0.25, 0.3) is 0 Å². The maximum absolute atomic E-state index is 12.6. The van der Waals surface area contributed by atoms with Gasteiger partial charge in [0.05, 0.1) is 11.9 Å². The third kappa shape index (κ3) is 2.70. The smallest absolute Gasteiger partial charge is 0.274 e. The number of fused-ring (bicyclic) bond motifs is 1. The summed E-state index contributed by atoms with van der Waals surface area (Å²) < 4.78 is 0. The van der Waals surface area contributed by atoms with Crippen molar-refractivity contribution >= 4 is 11.7 Å². The SMILES string of the molecule is Cc1cnc(C(=O)N2CC3CN(c4cc(C)ncn4)CC3C2)cn1. The van der Waals surface area contributed by atoms with Crippen LogP contribution in [0.3, 0.4) is 0 Å². The number of aromatic nitrogens is 4. The van der Waals surface area contributed by atoms with Crippen LogP contribution in [0.1, 0.15) is 21.9 Å². The van der Waals surface area contributed by atoms with Crippen LogP contribution in [0, 0.1) is 25.7 Å². The molecule has 124 valence electrons. The van der Waals surface area contributed by atoms with Gasteiger partial charge in [0.1, 0.15) is 17.8 Å². The van der Waals surface area contributed by atoms with Gasteiger partial charge in [-0.05, 0) is 13.8 Å². The van der Waals surface area contributed by atoms with E-state index in [1.807, 2.05) is 24.8 Å². The van der Waals surface area contributed by atoms with Gasteiger partial charge in [-0.1, -0.05) is 0 Å². The van der Waals surface area contributed by atoms with E-state index in [4.69, 9.17) is 0 Å². The molecule has 1 amide bonds. The third-order valence-electron chi connectivity index (χ3n) is 4.89. The molecule has 7 nitrogen and oxygen atoms in total. The largest absolute Gasteiger partial charge is 0.356 e. The van der Waals surface area contributed by atoms with Crippen LogP contribution < -0.4 is 4.90 Å². The van der Waals surface area contributed by atoms with Crippen LogP contribution in [-0.2, 0) is 0 Å². The number of carbonyl (C=O) groups is 1. The predicted octanol–water partition coefficient (Wildman–Crippen LogP) is 1.09. The average molecular weight is 324 g/mol. The Balaban J connectivity index is 1.42. The molecule has 0 spiro atoms. The van der Waals surface area contributed by atoms with Gasteiger partial charge in [-0.2, -0.15) is 0 Å². The van der Waals surface area contributed by atoms with E-state index in [9.17, 15) is 4.79 Å². The Morgan fingerprint density at radius 3 is 2.33 bits per heavy atom. The number of rotatable bonds is 2. The van der Waals surface area contributed by atoms with E-state index in [1.165, 1.54) is 0 Å². The van der Waals surface area contributed by atoms with Crippen molar-refractivity contribution in [3.05, 3.63) is 41.9 Å². The Hall–Kier alpha value is -2.57. The molecule has 0 saturated carbocycles.